The minimum Gasteiger partial charge on any atom is -0.480 e. The predicted molar refractivity (Wildman–Crippen MR) is 132 cm³/mol. The first-order valence-corrected chi connectivity index (χ1v) is 15.4. The van der Waals surface area contributed by atoms with E-state index in [2.05, 4.69) is 34.9 Å². The summed E-state index contributed by atoms with van der Waals surface area (Å²) in [5.74, 6) is 0.856. The molecule has 0 saturated heterocycles. The molecule has 1 saturated carbocycles. The topological polar surface area (TPSA) is 96.1 Å². The molecule has 1 aliphatic rings. The summed E-state index contributed by atoms with van der Waals surface area (Å²) in [6.07, 6.45) is 8.80. The summed E-state index contributed by atoms with van der Waals surface area (Å²) in [6, 6.07) is 4.87. The molecular weight excluding hydrogens is 436 g/mol. The van der Waals surface area contributed by atoms with Gasteiger partial charge in [0.1, 0.15) is 17.9 Å². The number of anilines is 2. The largest absolute Gasteiger partial charge is 0.480 e. The van der Waals surface area contributed by atoms with Crippen molar-refractivity contribution in [2.45, 2.75) is 70.6 Å². The molecule has 1 fully saturated rings. The molecule has 1 N–H and O–H groups in total. The fraction of sp³-hybridized carbons (Fsp3) is 0.565. The summed E-state index contributed by atoms with van der Waals surface area (Å²) in [5.41, 5.74) is 1.93. The molecule has 1 aliphatic carbocycles. The van der Waals surface area contributed by atoms with E-state index in [1.807, 2.05) is 16.7 Å². The Morgan fingerprint density at radius 1 is 1.18 bits per heavy atom. The van der Waals surface area contributed by atoms with E-state index in [-0.39, 0.29) is 18.5 Å². The maximum Gasteiger partial charge on any atom is 0.332 e. The summed E-state index contributed by atoms with van der Waals surface area (Å²) in [7, 11) is 0.367. The van der Waals surface area contributed by atoms with Crippen molar-refractivity contribution in [3.63, 3.8) is 0 Å². The van der Waals surface area contributed by atoms with Crippen LogP contribution in [0.15, 0.2) is 29.3 Å². The van der Waals surface area contributed by atoms with Crippen molar-refractivity contribution < 1.29 is 9.47 Å². The van der Waals surface area contributed by atoms with Crippen LogP contribution in [0.4, 0.5) is 11.6 Å². The zero-order chi connectivity index (χ0) is 23.4. The molecule has 4 rings (SSSR count). The number of nitrogens with one attached hydrogen (secondary N) is 1. The summed E-state index contributed by atoms with van der Waals surface area (Å²) in [6.45, 7) is 7.82. The molecule has 3 heterocycles. The van der Waals surface area contributed by atoms with Crippen molar-refractivity contribution >= 4 is 30.9 Å². The lowest BCUT2D eigenvalue weighted by molar-refractivity contribution is 0.0867. The van der Waals surface area contributed by atoms with Crippen LogP contribution in [-0.2, 0) is 11.5 Å². The van der Waals surface area contributed by atoms with Gasteiger partial charge in [0.25, 0.3) is 0 Å². The van der Waals surface area contributed by atoms with Gasteiger partial charge in [0, 0.05) is 26.9 Å². The molecule has 0 unspecified atom stereocenters. The number of rotatable bonds is 9. The first-order valence-electron chi connectivity index (χ1n) is 11.7. The van der Waals surface area contributed by atoms with Crippen LogP contribution in [-0.4, -0.2) is 45.9 Å². The van der Waals surface area contributed by atoms with Gasteiger partial charge in [-0.05, 0) is 31.0 Å². The molecule has 0 amide bonds. The van der Waals surface area contributed by atoms with Crippen molar-refractivity contribution in [1.82, 2.24) is 24.1 Å². The van der Waals surface area contributed by atoms with Gasteiger partial charge >= 0.3 is 5.69 Å². The van der Waals surface area contributed by atoms with Gasteiger partial charge in [-0.2, -0.15) is 4.98 Å². The molecule has 0 radical (unpaired) electrons. The lowest BCUT2D eigenvalue weighted by Crippen LogP contribution is -2.30. The Hall–Kier alpha value is -2.72. The molecule has 0 aromatic carbocycles. The second-order valence-electron chi connectivity index (χ2n) is 9.81. The Balaban J connectivity index is 1.68. The highest BCUT2D eigenvalue weighted by molar-refractivity contribution is 6.76. The van der Waals surface area contributed by atoms with E-state index in [9.17, 15) is 4.79 Å². The van der Waals surface area contributed by atoms with E-state index in [0.29, 0.717) is 35.3 Å². The van der Waals surface area contributed by atoms with Crippen LogP contribution in [0.3, 0.4) is 0 Å². The van der Waals surface area contributed by atoms with Crippen LogP contribution < -0.4 is 15.7 Å². The maximum atomic E-state index is 13.5. The first kappa shape index (κ1) is 23.4. The number of pyridine rings is 1. The quantitative estimate of drug-likeness (QED) is 0.362. The Labute approximate surface area is 195 Å². The highest BCUT2D eigenvalue weighted by Crippen LogP contribution is 2.30. The Morgan fingerprint density at radius 2 is 1.97 bits per heavy atom. The zero-order valence-corrected chi connectivity index (χ0v) is 21.0. The molecule has 3 aromatic heterocycles. The molecule has 0 aliphatic heterocycles. The molecule has 0 atom stereocenters. The van der Waals surface area contributed by atoms with Crippen molar-refractivity contribution in [3.05, 3.63) is 35.0 Å². The van der Waals surface area contributed by atoms with E-state index in [4.69, 9.17) is 14.5 Å². The SMILES string of the molecule is COc1ncccc1Nc1ncc2c(n1)n(C1CCCCC1)c(=O)n2COCC[Si](C)(C)C. The third-order valence-corrected chi connectivity index (χ3v) is 7.78. The molecule has 178 valence electrons. The van der Waals surface area contributed by atoms with Crippen LogP contribution in [0.2, 0.25) is 25.7 Å². The van der Waals surface area contributed by atoms with Crippen LogP contribution in [0, 0.1) is 0 Å². The van der Waals surface area contributed by atoms with Crippen molar-refractivity contribution in [1.29, 1.82) is 0 Å². The number of nitrogens with zero attached hydrogens (tertiary/aromatic N) is 5. The summed E-state index contributed by atoms with van der Waals surface area (Å²) in [5, 5.41) is 3.18. The molecule has 33 heavy (non-hydrogen) atoms. The Bertz CT molecular complexity index is 1150. The van der Waals surface area contributed by atoms with Crippen molar-refractivity contribution in [2.24, 2.45) is 0 Å². The average molecular weight is 471 g/mol. The van der Waals surface area contributed by atoms with E-state index < -0.39 is 8.07 Å². The minimum atomic E-state index is -1.20. The summed E-state index contributed by atoms with van der Waals surface area (Å²) in [4.78, 5) is 26.9. The van der Waals surface area contributed by atoms with Crippen LogP contribution >= 0.6 is 0 Å². The lowest BCUT2D eigenvalue weighted by Gasteiger charge is -2.22. The Morgan fingerprint density at radius 3 is 2.70 bits per heavy atom. The van der Waals surface area contributed by atoms with Crippen molar-refractivity contribution in [3.8, 4) is 5.88 Å². The number of methoxy groups -OCH3 is 1. The highest BCUT2D eigenvalue weighted by Gasteiger charge is 2.24. The summed E-state index contributed by atoms with van der Waals surface area (Å²) >= 11 is 0. The van der Waals surface area contributed by atoms with Gasteiger partial charge < -0.3 is 14.8 Å². The number of fused-ring (bicyclic) bond motifs is 1. The fourth-order valence-electron chi connectivity index (χ4n) is 4.21. The summed E-state index contributed by atoms with van der Waals surface area (Å²) < 4.78 is 14.8. The molecule has 3 aromatic rings. The van der Waals surface area contributed by atoms with E-state index in [0.717, 1.165) is 31.7 Å². The standard InChI is InChI=1S/C23H34N6O3Si/c1-31-21-18(11-8-12-24-21)26-22-25-15-19-20(27-22)29(17-9-6-5-7-10-17)23(30)28(19)16-32-13-14-33(2,3)4/h8,11-12,15,17H,5-7,9-10,13-14,16H2,1-4H3,(H,25,26,27). The lowest BCUT2D eigenvalue weighted by atomic mass is 9.95. The van der Waals surface area contributed by atoms with E-state index in [1.54, 1.807) is 24.1 Å². The number of aromatic nitrogens is 5. The molecule has 0 bridgehead atoms. The number of hydrogen-bond donors (Lipinski definition) is 1. The normalized spacial score (nSPS) is 15.2. The van der Waals surface area contributed by atoms with Gasteiger partial charge in [0.2, 0.25) is 11.8 Å². The van der Waals surface area contributed by atoms with Crippen LogP contribution in [0.1, 0.15) is 38.1 Å². The third-order valence-electron chi connectivity index (χ3n) is 6.07. The van der Waals surface area contributed by atoms with E-state index in [1.165, 1.54) is 6.42 Å². The predicted octanol–water partition coefficient (Wildman–Crippen LogP) is 4.56. The average Bonchev–Trinajstić information content (AvgIpc) is 3.07. The zero-order valence-electron chi connectivity index (χ0n) is 20.0. The first-order chi connectivity index (χ1) is 15.9. The minimum absolute atomic E-state index is 0.0738. The molecular formula is C23H34N6O3Si. The van der Waals surface area contributed by atoms with Crippen LogP contribution in [0.5, 0.6) is 5.88 Å². The molecule has 10 heteroatoms. The molecule has 0 spiro atoms. The van der Waals surface area contributed by atoms with Gasteiger partial charge in [-0.15, -0.1) is 0 Å². The second kappa shape index (κ2) is 10.0. The van der Waals surface area contributed by atoms with Gasteiger partial charge in [-0.1, -0.05) is 38.9 Å². The Kier molecular flexibility index (Phi) is 7.13. The van der Waals surface area contributed by atoms with Gasteiger partial charge in [0.15, 0.2) is 5.65 Å². The van der Waals surface area contributed by atoms with Gasteiger partial charge in [-0.3, -0.25) is 9.13 Å². The number of ether oxygens (including phenoxy) is 2. The van der Waals surface area contributed by atoms with Gasteiger partial charge in [-0.25, -0.2) is 14.8 Å². The molecule has 9 nitrogen and oxygen atoms in total. The number of hydrogen-bond acceptors (Lipinski definition) is 7. The maximum absolute atomic E-state index is 13.5. The monoisotopic (exact) mass is 470 g/mol. The van der Waals surface area contributed by atoms with Gasteiger partial charge in [0.05, 0.1) is 13.3 Å². The number of imidazole rings is 1. The fourth-order valence-corrected chi connectivity index (χ4v) is 4.97. The van der Waals surface area contributed by atoms with Crippen molar-refractivity contribution in [2.75, 3.05) is 19.0 Å². The third kappa shape index (κ3) is 5.44. The smallest absolute Gasteiger partial charge is 0.332 e. The second-order valence-corrected chi connectivity index (χ2v) is 15.4. The highest BCUT2D eigenvalue weighted by atomic mass is 28.3. The van der Waals surface area contributed by atoms with E-state index >= 15 is 0 Å². The van der Waals surface area contributed by atoms with Crippen LogP contribution in [0.25, 0.3) is 11.2 Å².